The first-order chi connectivity index (χ1) is 14.5. The van der Waals surface area contributed by atoms with Crippen LogP contribution in [0.15, 0.2) is 30.6 Å². The average Bonchev–Trinajstić information content (AvgIpc) is 3.03. The highest BCUT2D eigenvalue weighted by Crippen LogP contribution is 2.26. The van der Waals surface area contributed by atoms with Gasteiger partial charge in [-0.25, -0.2) is 22.9 Å². The van der Waals surface area contributed by atoms with E-state index < -0.39 is 28.2 Å². The van der Waals surface area contributed by atoms with E-state index in [4.69, 9.17) is 16.3 Å². The fourth-order valence-electron chi connectivity index (χ4n) is 2.55. The van der Waals surface area contributed by atoms with E-state index >= 15 is 0 Å². The highest BCUT2D eigenvalue weighted by Gasteiger charge is 2.21. The number of sulfonamides is 1. The fraction of sp³-hybridized carbons (Fsp3) is 0.235. The van der Waals surface area contributed by atoms with E-state index in [1.165, 1.54) is 43.0 Å². The van der Waals surface area contributed by atoms with Gasteiger partial charge in [0, 0.05) is 18.8 Å². The lowest BCUT2D eigenvalue weighted by Gasteiger charge is -2.15. The number of hydrogen-bond acceptors (Lipinski definition) is 8. The van der Waals surface area contributed by atoms with Crippen molar-refractivity contribution < 1.29 is 22.3 Å². The summed E-state index contributed by atoms with van der Waals surface area (Å²) in [5.74, 6) is -0.641. The van der Waals surface area contributed by atoms with Crippen molar-refractivity contribution in [2.24, 2.45) is 7.05 Å². The highest BCUT2D eigenvalue weighted by molar-refractivity contribution is 7.92. The Balaban J connectivity index is 1.76. The standard InChI is InChI=1S/C17H17ClFN7O4S/c1-9(12-6-10(18)7-21-15(12)19)30-17(27)22-16-14(23-25-26(16)2)13-5-4-11(8-20-13)24-31(3,28)29/h4-9,24H,1-3H3,(H,22,27)/t9-/m1/s1. The molecule has 3 aromatic heterocycles. The third-order valence-corrected chi connectivity index (χ3v) is 4.72. The van der Waals surface area contributed by atoms with E-state index in [1.807, 2.05) is 0 Å². The van der Waals surface area contributed by atoms with Gasteiger partial charge >= 0.3 is 6.09 Å². The molecule has 11 nitrogen and oxygen atoms in total. The van der Waals surface area contributed by atoms with Gasteiger partial charge in [0.05, 0.1) is 28.9 Å². The molecule has 3 rings (SSSR count). The van der Waals surface area contributed by atoms with Gasteiger partial charge in [0.1, 0.15) is 6.10 Å². The number of aryl methyl sites for hydroxylation is 1. The maximum absolute atomic E-state index is 13.9. The first kappa shape index (κ1) is 22.4. The Bertz CT molecular complexity index is 1220. The van der Waals surface area contributed by atoms with Crippen molar-refractivity contribution in [1.82, 2.24) is 25.0 Å². The lowest BCUT2D eigenvalue weighted by molar-refractivity contribution is 0.118. The van der Waals surface area contributed by atoms with Gasteiger partial charge in [0.25, 0.3) is 0 Å². The molecular weight excluding hydrogens is 453 g/mol. The summed E-state index contributed by atoms with van der Waals surface area (Å²) >= 11 is 5.82. The molecule has 0 aromatic carbocycles. The predicted octanol–water partition coefficient (Wildman–Crippen LogP) is 2.75. The number of aromatic nitrogens is 5. The number of carbonyl (C=O) groups excluding carboxylic acids is 1. The fourth-order valence-corrected chi connectivity index (χ4v) is 3.27. The monoisotopic (exact) mass is 469 g/mol. The van der Waals surface area contributed by atoms with Gasteiger partial charge in [-0.15, -0.1) is 5.10 Å². The van der Waals surface area contributed by atoms with Gasteiger partial charge in [-0.05, 0) is 25.1 Å². The largest absolute Gasteiger partial charge is 0.441 e. The maximum atomic E-state index is 13.9. The lowest BCUT2D eigenvalue weighted by atomic mass is 10.2. The molecule has 164 valence electrons. The number of nitrogens with zero attached hydrogens (tertiary/aromatic N) is 5. The van der Waals surface area contributed by atoms with Crippen LogP contribution in [0, 0.1) is 5.95 Å². The molecule has 0 saturated heterocycles. The van der Waals surface area contributed by atoms with Crippen LogP contribution in [0.2, 0.25) is 5.02 Å². The Morgan fingerprint density at radius 2 is 2.03 bits per heavy atom. The predicted molar refractivity (Wildman–Crippen MR) is 110 cm³/mol. The minimum absolute atomic E-state index is 0.0154. The molecule has 0 unspecified atom stereocenters. The highest BCUT2D eigenvalue weighted by atomic mass is 35.5. The zero-order chi connectivity index (χ0) is 22.8. The summed E-state index contributed by atoms with van der Waals surface area (Å²) in [7, 11) is -1.91. The van der Waals surface area contributed by atoms with E-state index in [2.05, 4.69) is 30.3 Å². The molecule has 1 atom stereocenters. The first-order valence-electron chi connectivity index (χ1n) is 8.66. The van der Waals surface area contributed by atoms with Crippen molar-refractivity contribution in [3.63, 3.8) is 0 Å². The van der Waals surface area contributed by atoms with Gasteiger partial charge in [-0.2, -0.15) is 4.39 Å². The number of ether oxygens (including phenoxy) is 1. The maximum Gasteiger partial charge on any atom is 0.413 e. The molecule has 0 saturated carbocycles. The molecule has 0 bridgehead atoms. The summed E-state index contributed by atoms with van der Waals surface area (Å²) in [5, 5.41) is 10.5. The van der Waals surface area contributed by atoms with Crippen LogP contribution in [0.4, 0.5) is 20.7 Å². The topological polar surface area (TPSA) is 141 Å². The van der Waals surface area contributed by atoms with E-state index in [9.17, 15) is 17.6 Å². The summed E-state index contributed by atoms with van der Waals surface area (Å²) in [4.78, 5) is 20.0. The number of hydrogen-bond donors (Lipinski definition) is 2. The zero-order valence-electron chi connectivity index (χ0n) is 16.5. The van der Waals surface area contributed by atoms with E-state index in [0.717, 1.165) is 12.5 Å². The first-order valence-corrected chi connectivity index (χ1v) is 10.9. The van der Waals surface area contributed by atoms with Crippen molar-refractivity contribution in [2.45, 2.75) is 13.0 Å². The summed E-state index contributed by atoms with van der Waals surface area (Å²) in [6.07, 6.45) is 1.59. The molecule has 3 heterocycles. The van der Waals surface area contributed by atoms with Crippen molar-refractivity contribution in [3.8, 4) is 11.4 Å². The third kappa shape index (κ3) is 5.64. The van der Waals surface area contributed by atoms with Gasteiger partial charge in [0.2, 0.25) is 16.0 Å². The summed E-state index contributed by atoms with van der Waals surface area (Å²) < 4.78 is 45.3. The molecule has 0 radical (unpaired) electrons. The van der Waals surface area contributed by atoms with Gasteiger partial charge in [-0.3, -0.25) is 15.0 Å². The number of carbonyl (C=O) groups is 1. The van der Waals surface area contributed by atoms with Gasteiger partial charge in [0.15, 0.2) is 11.5 Å². The number of halogens is 2. The quantitative estimate of drug-likeness (QED) is 0.525. The van der Waals surface area contributed by atoms with E-state index in [0.29, 0.717) is 5.69 Å². The molecule has 14 heteroatoms. The molecule has 0 fully saturated rings. The summed E-state index contributed by atoms with van der Waals surface area (Å²) in [6, 6.07) is 4.30. The normalized spacial score (nSPS) is 12.3. The number of anilines is 2. The summed E-state index contributed by atoms with van der Waals surface area (Å²) in [5.41, 5.74) is 0.811. The third-order valence-electron chi connectivity index (χ3n) is 3.91. The van der Waals surface area contributed by atoms with Crippen molar-refractivity contribution in [2.75, 3.05) is 16.3 Å². The average molecular weight is 470 g/mol. The SMILES string of the molecule is C[C@@H](OC(=O)Nc1c(-c2ccc(NS(C)(=O)=O)cn2)nnn1C)c1cc(Cl)cnc1F. The smallest absolute Gasteiger partial charge is 0.413 e. The van der Waals surface area contributed by atoms with Crippen LogP contribution < -0.4 is 10.0 Å². The van der Waals surface area contributed by atoms with Crippen LogP contribution >= 0.6 is 11.6 Å². The van der Waals surface area contributed by atoms with E-state index in [1.54, 1.807) is 0 Å². The Labute approximate surface area is 181 Å². The number of nitrogens with one attached hydrogen (secondary N) is 2. The Kier molecular flexibility index (Phi) is 6.36. The van der Waals surface area contributed by atoms with Gasteiger partial charge in [-0.1, -0.05) is 16.8 Å². The molecule has 0 aliphatic rings. The second kappa shape index (κ2) is 8.81. The van der Waals surface area contributed by atoms with Crippen LogP contribution in [0.3, 0.4) is 0 Å². The zero-order valence-corrected chi connectivity index (χ0v) is 18.1. The molecule has 2 N–H and O–H groups in total. The van der Waals surface area contributed by atoms with E-state index in [-0.39, 0.29) is 27.8 Å². The molecule has 0 aliphatic heterocycles. The molecule has 3 aromatic rings. The Morgan fingerprint density at radius 3 is 2.68 bits per heavy atom. The second-order valence-corrected chi connectivity index (χ2v) is 8.61. The molecule has 0 aliphatic carbocycles. The van der Waals surface area contributed by atoms with Crippen LogP contribution in [-0.2, 0) is 21.8 Å². The van der Waals surface area contributed by atoms with Gasteiger partial charge < -0.3 is 4.74 Å². The number of rotatable bonds is 6. The molecule has 31 heavy (non-hydrogen) atoms. The number of amides is 1. The van der Waals surface area contributed by atoms with Crippen molar-refractivity contribution >= 4 is 39.2 Å². The molecular formula is C17H17ClFN7O4S. The molecule has 0 spiro atoms. The summed E-state index contributed by atoms with van der Waals surface area (Å²) in [6.45, 7) is 1.47. The Hall–Kier alpha value is -3.32. The van der Waals surface area contributed by atoms with Crippen LogP contribution in [-0.4, -0.2) is 45.7 Å². The minimum atomic E-state index is -3.45. The van der Waals surface area contributed by atoms with Crippen molar-refractivity contribution in [1.29, 1.82) is 0 Å². The number of pyridine rings is 2. The van der Waals surface area contributed by atoms with Crippen LogP contribution in [0.1, 0.15) is 18.6 Å². The molecule has 1 amide bonds. The second-order valence-electron chi connectivity index (χ2n) is 6.42. The lowest BCUT2D eigenvalue weighted by Crippen LogP contribution is -2.19. The van der Waals surface area contributed by atoms with Crippen LogP contribution in [0.25, 0.3) is 11.4 Å². The van der Waals surface area contributed by atoms with Crippen molar-refractivity contribution in [3.05, 3.63) is 47.1 Å². The van der Waals surface area contributed by atoms with Crippen LogP contribution in [0.5, 0.6) is 0 Å². The Morgan fingerprint density at radius 1 is 1.29 bits per heavy atom. The minimum Gasteiger partial charge on any atom is -0.441 e.